The number of methoxy groups -OCH3 is 1. The van der Waals surface area contributed by atoms with E-state index in [2.05, 4.69) is 31.4 Å². The van der Waals surface area contributed by atoms with E-state index >= 15 is 0 Å². The van der Waals surface area contributed by atoms with Gasteiger partial charge in [0.15, 0.2) is 0 Å². The maximum absolute atomic E-state index is 12.2. The molecule has 1 amide bonds. The van der Waals surface area contributed by atoms with Gasteiger partial charge in [0.25, 0.3) is 5.91 Å². The second-order valence-electron chi connectivity index (χ2n) is 4.80. The summed E-state index contributed by atoms with van der Waals surface area (Å²) in [6, 6.07) is 8.56. The Morgan fingerprint density at radius 1 is 1.41 bits per heavy atom. The Labute approximate surface area is 136 Å². The fraction of sp³-hybridized carbons (Fsp3) is 0.267. The number of rotatable bonds is 5. The molecule has 0 unspecified atom stereocenters. The van der Waals surface area contributed by atoms with Crippen molar-refractivity contribution in [3.8, 4) is 0 Å². The first-order valence-electron chi connectivity index (χ1n) is 6.64. The lowest BCUT2D eigenvalue weighted by molar-refractivity contribution is -0.141. The lowest BCUT2D eigenvalue weighted by Crippen LogP contribution is -2.30. The highest BCUT2D eigenvalue weighted by atomic mass is 79.9. The van der Waals surface area contributed by atoms with Crippen molar-refractivity contribution in [3.63, 3.8) is 0 Å². The van der Waals surface area contributed by atoms with Crippen molar-refractivity contribution in [2.45, 2.75) is 19.4 Å². The summed E-state index contributed by atoms with van der Waals surface area (Å²) in [5.41, 5.74) is 1.87. The minimum Gasteiger partial charge on any atom is -0.469 e. The van der Waals surface area contributed by atoms with Crippen molar-refractivity contribution in [1.29, 1.82) is 0 Å². The van der Waals surface area contributed by atoms with Crippen LogP contribution in [0.3, 0.4) is 0 Å². The third-order valence-electron chi connectivity index (χ3n) is 3.09. The highest BCUT2D eigenvalue weighted by Crippen LogP contribution is 2.21. The number of aromatic nitrogens is 2. The largest absolute Gasteiger partial charge is 0.469 e. The van der Waals surface area contributed by atoms with E-state index in [1.807, 2.05) is 31.2 Å². The van der Waals surface area contributed by atoms with Gasteiger partial charge in [-0.05, 0) is 30.7 Å². The first kappa shape index (κ1) is 16.2. The standard InChI is InChI=1S/C15H16BrN3O3/c1-9-6-13(19-18-9)15(21)17-12(8-14(20)22-2)10-4-3-5-11(16)7-10/h3-7,12H,8H2,1-2H3,(H,17,21)(H,18,19)/t12-/m1/s1. The number of nitrogens with zero attached hydrogens (tertiary/aromatic N) is 1. The fourth-order valence-electron chi connectivity index (χ4n) is 1.99. The van der Waals surface area contributed by atoms with E-state index in [0.717, 1.165) is 15.7 Å². The van der Waals surface area contributed by atoms with Crippen molar-refractivity contribution in [3.05, 3.63) is 51.8 Å². The molecule has 2 rings (SSSR count). The summed E-state index contributed by atoms with van der Waals surface area (Å²) in [4.78, 5) is 23.8. The predicted octanol–water partition coefficient (Wildman–Crippen LogP) is 2.51. The topological polar surface area (TPSA) is 84.1 Å². The maximum Gasteiger partial charge on any atom is 0.307 e. The Hall–Kier alpha value is -2.15. The minimum absolute atomic E-state index is 0.0437. The van der Waals surface area contributed by atoms with E-state index in [0.29, 0.717) is 0 Å². The van der Waals surface area contributed by atoms with Crippen LogP contribution >= 0.6 is 15.9 Å². The van der Waals surface area contributed by atoms with Crippen LogP contribution in [0.2, 0.25) is 0 Å². The van der Waals surface area contributed by atoms with Gasteiger partial charge < -0.3 is 10.1 Å². The summed E-state index contributed by atoms with van der Waals surface area (Å²) in [6.45, 7) is 1.81. The smallest absolute Gasteiger partial charge is 0.307 e. The number of carbonyl (C=O) groups is 2. The molecule has 0 aliphatic carbocycles. The third kappa shape index (κ3) is 4.17. The van der Waals surface area contributed by atoms with Crippen LogP contribution in [0.5, 0.6) is 0 Å². The summed E-state index contributed by atoms with van der Waals surface area (Å²) in [5, 5.41) is 9.44. The molecule has 0 aliphatic heterocycles. The number of ether oxygens (including phenoxy) is 1. The Balaban J connectivity index is 2.20. The van der Waals surface area contributed by atoms with Gasteiger partial charge >= 0.3 is 5.97 Å². The number of carbonyl (C=O) groups excluding carboxylic acids is 2. The van der Waals surface area contributed by atoms with Crippen molar-refractivity contribution in [1.82, 2.24) is 15.5 Å². The van der Waals surface area contributed by atoms with Gasteiger partial charge in [-0.25, -0.2) is 0 Å². The van der Waals surface area contributed by atoms with Gasteiger partial charge in [0.1, 0.15) is 5.69 Å². The van der Waals surface area contributed by atoms with E-state index < -0.39 is 12.0 Å². The van der Waals surface area contributed by atoms with Crippen molar-refractivity contribution in [2.75, 3.05) is 7.11 Å². The van der Waals surface area contributed by atoms with Gasteiger partial charge in [0.2, 0.25) is 0 Å². The van der Waals surface area contributed by atoms with Crippen LogP contribution in [0, 0.1) is 6.92 Å². The quantitative estimate of drug-likeness (QED) is 0.797. The zero-order valence-electron chi connectivity index (χ0n) is 12.2. The van der Waals surface area contributed by atoms with E-state index in [-0.39, 0.29) is 18.0 Å². The van der Waals surface area contributed by atoms with Crippen LogP contribution < -0.4 is 5.32 Å². The van der Waals surface area contributed by atoms with Crippen LogP contribution in [0.1, 0.15) is 34.2 Å². The van der Waals surface area contributed by atoms with Crippen molar-refractivity contribution < 1.29 is 14.3 Å². The average molecular weight is 366 g/mol. The second kappa shape index (κ2) is 7.22. The molecule has 0 aliphatic rings. The number of aromatic amines is 1. The summed E-state index contributed by atoms with van der Waals surface area (Å²) in [6.07, 6.45) is 0.0437. The number of hydrogen-bond acceptors (Lipinski definition) is 4. The minimum atomic E-state index is -0.491. The molecule has 7 heteroatoms. The highest BCUT2D eigenvalue weighted by molar-refractivity contribution is 9.10. The Bertz CT molecular complexity index is 684. The highest BCUT2D eigenvalue weighted by Gasteiger charge is 2.21. The Morgan fingerprint density at radius 2 is 2.18 bits per heavy atom. The van der Waals surface area contributed by atoms with Crippen LogP contribution in [0.4, 0.5) is 0 Å². The molecule has 1 heterocycles. The van der Waals surface area contributed by atoms with Crippen molar-refractivity contribution >= 4 is 27.8 Å². The summed E-state index contributed by atoms with van der Waals surface area (Å²) < 4.78 is 5.57. The third-order valence-corrected chi connectivity index (χ3v) is 3.59. The number of aryl methyl sites for hydroxylation is 1. The van der Waals surface area contributed by atoms with E-state index in [1.54, 1.807) is 6.07 Å². The van der Waals surface area contributed by atoms with Gasteiger partial charge in [0.05, 0.1) is 19.6 Å². The molecule has 0 spiro atoms. The molecule has 0 bridgehead atoms. The summed E-state index contributed by atoms with van der Waals surface area (Å²) >= 11 is 3.38. The average Bonchev–Trinajstić information content (AvgIpc) is 2.93. The van der Waals surface area contributed by atoms with Gasteiger partial charge in [-0.3, -0.25) is 14.7 Å². The first-order valence-corrected chi connectivity index (χ1v) is 7.44. The zero-order chi connectivity index (χ0) is 16.1. The predicted molar refractivity (Wildman–Crippen MR) is 84.3 cm³/mol. The van der Waals surface area contributed by atoms with Gasteiger partial charge in [0, 0.05) is 10.2 Å². The molecule has 1 aromatic heterocycles. The molecule has 22 heavy (non-hydrogen) atoms. The first-order chi connectivity index (χ1) is 10.5. The van der Waals surface area contributed by atoms with E-state index in [4.69, 9.17) is 4.74 Å². The molecular formula is C15H16BrN3O3. The second-order valence-corrected chi connectivity index (χ2v) is 5.71. The van der Waals surface area contributed by atoms with Crippen LogP contribution in [0.25, 0.3) is 0 Å². The molecule has 0 radical (unpaired) electrons. The number of amides is 1. The number of nitrogens with one attached hydrogen (secondary N) is 2. The van der Waals surface area contributed by atoms with Gasteiger partial charge in [-0.1, -0.05) is 28.1 Å². The number of hydrogen-bond donors (Lipinski definition) is 2. The lowest BCUT2D eigenvalue weighted by Gasteiger charge is -2.18. The molecule has 0 saturated carbocycles. The molecular weight excluding hydrogens is 350 g/mol. The number of benzene rings is 1. The van der Waals surface area contributed by atoms with Crippen LogP contribution in [0.15, 0.2) is 34.8 Å². The van der Waals surface area contributed by atoms with Crippen LogP contribution in [-0.4, -0.2) is 29.2 Å². The summed E-state index contributed by atoms with van der Waals surface area (Å²) in [5.74, 6) is -0.748. The molecule has 1 atom stereocenters. The molecule has 2 N–H and O–H groups in total. The monoisotopic (exact) mass is 365 g/mol. The number of halogens is 1. The molecule has 0 fully saturated rings. The Morgan fingerprint density at radius 3 is 2.77 bits per heavy atom. The normalized spacial score (nSPS) is 11.8. The molecule has 116 valence electrons. The molecule has 0 saturated heterocycles. The number of H-pyrrole nitrogens is 1. The fourth-order valence-corrected chi connectivity index (χ4v) is 2.41. The van der Waals surface area contributed by atoms with Crippen molar-refractivity contribution in [2.24, 2.45) is 0 Å². The van der Waals surface area contributed by atoms with E-state index in [1.165, 1.54) is 7.11 Å². The molecule has 6 nitrogen and oxygen atoms in total. The zero-order valence-corrected chi connectivity index (χ0v) is 13.8. The van der Waals surface area contributed by atoms with Gasteiger partial charge in [-0.2, -0.15) is 5.10 Å². The SMILES string of the molecule is COC(=O)C[C@@H](NC(=O)c1cc(C)[nH]n1)c1cccc(Br)c1. The lowest BCUT2D eigenvalue weighted by atomic mass is 10.0. The van der Waals surface area contributed by atoms with E-state index in [9.17, 15) is 9.59 Å². The molecule has 2 aromatic rings. The maximum atomic E-state index is 12.2. The van der Waals surface area contributed by atoms with Crippen LogP contribution in [-0.2, 0) is 9.53 Å². The summed E-state index contributed by atoms with van der Waals surface area (Å²) in [7, 11) is 1.32. The molecule has 1 aromatic carbocycles. The Kier molecular flexibility index (Phi) is 5.32. The van der Waals surface area contributed by atoms with Gasteiger partial charge in [-0.15, -0.1) is 0 Å². The number of esters is 1.